The molecule has 140 valence electrons. The Balaban J connectivity index is 2.09. The monoisotopic (exact) mass is 390 g/mol. The summed E-state index contributed by atoms with van der Waals surface area (Å²) in [5.74, 6) is 0. The molecule has 4 aromatic rings. The van der Waals surface area contributed by atoms with E-state index in [0.717, 1.165) is 21.5 Å². The molecule has 0 unspecified atom stereocenters. The maximum atomic E-state index is 11.4. The Morgan fingerprint density at radius 1 is 0.643 bits per heavy atom. The minimum absolute atomic E-state index is 0.126. The molecule has 0 bridgehead atoms. The number of nitro benzene ring substituents is 2. The van der Waals surface area contributed by atoms with E-state index in [2.05, 4.69) is 37.8 Å². The third-order valence-corrected chi connectivity index (χ3v) is 7.19. The van der Waals surface area contributed by atoms with Crippen LogP contribution in [-0.2, 0) is 0 Å². The summed E-state index contributed by atoms with van der Waals surface area (Å²) in [7, 11) is -1.47. The zero-order chi connectivity index (χ0) is 20.2. The van der Waals surface area contributed by atoms with E-state index in [-0.39, 0.29) is 22.1 Å². The van der Waals surface area contributed by atoms with Gasteiger partial charge in [-0.2, -0.15) is 0 Å². The SMILES string of the molecule is C[Si](C)(C)c1ccc2cc3cc4c([N+](=O)[O-])ccc([N+](=O)[O-])c4cc3cc2c1. The van der Waals surface area contributed by atoms with Crippen molar-refractivity contribution in [3.63, 3.8) is 0 Å². The molecule has 0 aliphatic rings. The van der Waals surface area contributed by atoms with Gasteiger partial charge in [-0.1, -0.05) is 43.0 Å². The van der Waals surface area contributed by atoms with Crippen LogP contribution in [0.5, 0.6) is 0 Å². The number of fused-ring (bicyclic) bond motifs is 3. The zero-order valence-corrected chi connectivity index (χ0v) is 16.7. The van der Waals surface area contributed by atoms with Crippen LogP contribution in [-0.4, -0.2) is 17.9 Å². The topological polar surface area (TPSA) is 86.3 Å². The lowest BCUT2D eigenvalue weighted by molar-refractivity contribution is -0.386. The summed E-state index contributed by atoms with van der Waals surface area (Å²) in [6, 6.07) is 16.2. The summed E-state index contributed by atoms with van der Waals surface area (Å²) < 4.78 is 0. The third kappa shape index (κ3) is 2.89. The van der Waals surface area contributed by atoms with E-state index in [0.29, 0.717) is 0 Å². The molecular formula is C21H18N2O4Si. The summed E-state index contributed by atoms with van der Waals surface area (Å²) >= 11 is 0. The van der Waals surface area contributed by atoms with Gasteiger partial charge in [0.25, 0.3) is 11.4 Å². The quantitative estimate of drug-likeness (QED) is 0.200. The Bertz CT molecular complexity index is 1310. The van der Waals surface area contributed by atoms with Crippen molar-refractivity contribution >= 4 is 57.0 Å². The Labute approximate surface area is 161 Å². The first-order valence-corrected chi connectivity index (χ1v) is 12.4. The van der Waals surface area contributed by atoms with Gasteiger partial charge in [0.05, 0.1) is 28.7 Å². The fraction of sp³-hybridized carbons (Fsp3) is 0.143. The molecule has 0 saturated heterocycles. The third-order valence-electron chi connectivity index (χ3n) is 5.14. The van der Waals surface area contributed by atoms with Crippen LogP contribution in [0, 0.1) is 20.2 Å². The molecule has 0 radical (unpaired) electrons. The standard InChI is InChI=1S/C21H18N2O4Si/c1-28(2,3)17-5-4-13-8-15-11-18-19(12-16(15)9-14(13)10-17)21(23(26)27)7-6-20(18)22(24)25/h4-12H,1-3H3. The van der Waals surface area contributed by atoms with Gasteiger partial charge in [-0.25, -0.2) is 0 Å². The maximum absolute atomic E-state index is 11.4. The van der Waals surface area contributed by atoms with E-state index in [1.54, 1.807) is 12.1 Å². The molecule has 6 nitrogen and oxygen atoms in total. The highest BCUT2D eigenvalue weighted by Crippen LogP contribution is 2.36. The van der Waals surface area contributed by atoms with E-state index in [9.17, 15) is 20.2 Å². The molecule has 4 rings (SSSR count). The van der Waals surface area contributed by atoms with Gasteiger partial charge in [-0.15, -0.1) is 0 Å². The van der Waals surface area contributed by atoms with Gasteiger partial charge in [0.2, 0.25) is 0 Å². The molecule has 0 aliphatic carbocycles. The van der Waals surface area contributed by atoms with Crippen LogP contribution in [0.4, 0.5) is 11.4 Å². The molecule has 0 heterocycles. The van der Waals surface area contributed by atoms with Crippen LogP contribution >= 0.6 is 0 Å². The Morgan fingerprint density at radius 2 is 1.11 bits per heavy atom. The Morgan fingerprint density at radius 3 is 1.57 bits per heavy atom. The number of non-ortho nitro benzene ring substituents is 2. The van der Waals surface area contributed by atoms with Crippen molar-refractivity contribution in [3.8, 4) is 0 Å². The number of nitro groups is 2. The first-order valence-electron chi connectivity index (χ1n) is 8.89. The number of nitrogens with zero attached hydrogens (tertiary/aromatic N) is 2. The Kier molecular flexibility index (Phi) is 3.93. The van der Waals surface area contributed by atoms with E-state index in [1.807, 2.05) is 12.1 Å². The van der Waals surface area contributed by atoms with Gasteiger partial charge in [0, 0.05) is 12.1 Å². The zero-order valence-electron chi connectivity index (χ0n) is 15.7. The molecule has 0 atom stereocenters. The van der Waals surface area contributed by atoms with Crippen molar-refractivity contribution in [2.24, 2.45) is 0 Å². The second-order valence-electron chi connectivity index (χ2n) is 8.03. The lowest BCUT2D eigenvalue weighted by Gasteiger charge is -2.17. The van der Waals surface area contributed by atoms with E-state index >= 15 is 0 Å². The van der Waals surface area contributed by atoms with Crippen molar-refractivity contribution in [1.29, 1.82) is 0 Å². The van der Waals surface area contributed by atoms with Gasteiger partial charge in [-0.05, 0) is 45.8 Å². The molecule has 0 amide bonds. The fourth-order valence-corrected chi connectivity index (χ4v) is 4.77. The molecule has 0 spiro atoms. The largest absolute Gasteiger partial charge is 0.277 e. The molecule has 7 heteroatoms. The van der Waals surface area contributed by atoms with Crippen LogP contribution in [0.3, 0.4) is 0 Å². The molecule has 0 saturated carbocycles. The van der Waals surface area contributed by atoms with Crippen LogP contribution < -0.4 is 5.19 Å². The molecular weight excluding hydrogens is 372 g/mol. The van der Waals surface area contributed by atoms with Gasteiger partial charge >= 0.3 is 0 Å². The lowest BCUT2D eigenvalue weighted by atomic mass is 9.98. The molecule has 0 aromatic heterocycles. The van der Waals surface area contributed by atoms with Crippen LogP contribution in [0.1, 0.15) is 0 Å². The van der Waals surface area contributed by atoms with Crippen molar-refractivity contribution in [2.75, 3.05) is 0 Å². The van der Waals surface area contributed by atoms with E-state index in [1.165, 1.54) is 17.3 Å². The normalized spacial score (nSPS) is 12.0. The van der Waals surface area contributed by atoms with Crippen molar-refractivity contribution in [2.45, 2.75) is 19.6 Å². The smallest absolute Gasteiger partial charge is 0.258 e. The minimum Gasteiger partial charge on any atom is -0.258 e. The molecule has 0 fully saturated rings. The highest BCUT2D eigenvalue weighted by Gasteiger charge is 2.21. The van der Waals surface area contributed by atoms with Crippen LogP contribution in [0.15, 0.2) is 54.6 Å². The van der Waals surface area contributed by atoms with Gasteiger partial charge in [0.15, 0.2) is 0 Å². The van der Waals surface area contributed by atoms with Crippen molar-refractivity contribution in [3.05, 3.63) is 74.8 Å². The summed E-state index contributed by atoms with van der Waals surface area (Å²) in [5.41, 5.74) is -0.255. The summed E-state index contributed by atoms with van der Waals surface area (Å²) in [6.45, 7) is 6.85. The highest BCUT2D eigenvalue weighted by atomic mass is 28.3. The highest BCUT2D eigenvalue weighted by molar-refractivity contribution is 6.88. The lowest BCUT2D eigenvalue weighted by Crippen LogP contribution is -2.37. The first-order chi connectivity index (χ1) is 13.1. The Hall–Kier alpha value is -3.32. The first kappa shape index (κ1) is 18.1. The van der Waals surface area contributed by atoms with E-state index < -0.39 is 17.9 Å². The number of hydrogen-bond donors (Lipinski definition) is 0. The molecule has 0 N–H and O–H groups in total. The predicted octanol–water partition coefficient (Wildman–Crippen LogP) is 5.51. The predicted molar refractivity (Wildman–Crippen MR) is 115 cm³/mol. The molecule has 4 aromatic carbocycles. The van der Waals surface area contributed by atoms with Gasteiger partial charge in [0.1, 0.15) is 0 Å². The second kappa shape index (κ2) is 6.10. The summed E-state index contributed by atoms with van der Waals surface area (Å²) in [4.78, 5) is 21.9. The molecule has 28 heavy (non-hydrogen) atoms. The number of rotatable bonds is 3. The maximum Gasteiger partial charge on any atom is 0.277 e. The number of benzene rings is 4. The van der Waals surface area contributed by atoms with Crippen LogP contribution in [0.25, 0.3) is 32.3 Å². The van der Waals surface area contributed by atoms with Crippen molar-refractivity contribution in [1.82, 2.24) is 0 Å². The summed E-state index contributed by atoms with van der Waals surface area (Å²) in [5, 5.41) is 28.5. The molecule has 0 aliphatic heterocycles. The minimum atomic E-state index is -1.47. The average molecular weight is 390 g/mol. The van der Waals surface area contributed by atoms with E-state index in [4.69, 9.17) is 0 Å². The van der Waals surface area contributed by atoms with Gasteiger partial charge in [-0.3, -0.25) is 20.2 Å². The second-order valence-corrected chi connectivity index (χ2v) is 13.1. The van der Waals surface area contributed by atoms with Crippen LogP contribution in [0.2, 0.25) is 19.6 Å². The average Bonchev–Trinajstić information content (AvgIpc) is 2.62. The number of hydrogen-bond acceptors (Lipinski definition) is 4. The van der Waals surface area contributed by atoms with Gasteiger partial charge < -0.3 is 0 Å². The summed E-state index contributed by atoms with van der Waals surface area (Å²) in [6.07, 6.45) is 0. The van der Waals surface area contributed by atoms with Crippen molar-refractivity contribution < 1.29 is 9.85 Å². The fourth-order valence-electron chi connectivity index (χ4n) is 3.60.